The number of aliphatic imine (C=N–C) groups is 4. The van der Waals surface area contributed by atoms with Gasteiger partial charge in [-0.05, 0) is 72.9 Å². The smallest absolute Gasteiger partial charge is 0.0784 e. The summed E-state index contributed by atoms with van der Waals surface area (Å²) in [5, 5.41) is 1.04. The Hall–Kier alpha value is -3.31. The topological polar surface area (TPSA) is 49.4 Å². The maximum Gasteiger partial charge on any atom is 0.0784 e. The van der Waals surface area contributed by atoms with Crippen molar-refractivity contribution in [2.75, 3.05) is 0 Å². The number of rotatable bonds is 1. The molecule has 158 valence electrons. The van der Waals surface area contributed by atoms with E-state index in [-0.39, 0.29) is 0 Å². The van der Waals surface area contributed by atoms with E-state index in [9.17, 15) is 0 Å². The summed E-state index contributed by atoms with van der Waals surface area (Å²) in [5.41, 5.74) is 7.81. The van der Waals surface area contributed by atoms with Gasteiger partial charge >= 0.3 is 0 Å². The van der Waals surface area contributed by atoms with Crippen LogP contribution < -0.4 is 0 Å². The molecule has 0 radical (unpaired) electrons. The summed E-state index contributed by atoms with van der Waals surface area (Å²) in [5.74, 6) is 0. The molecule has 0 aromatic heterocycles. The van der Waals surface area contributed by atoms with Crippen LogP contribution in [0.15, 0.2) is 122 Å². The maximum absolute atomic E-state index is 6.63. The van der Waals surface area contributed by atoms with Gasteiger partial charge in [-0.15, -0.1) is 0 Å². The predicted molar refractivity (Wildman–Crippen MR) is 139 cm³/mol. The van der Waals surface area contributed by atoms with Crippen molar-refractivity contribution in [3.8, 4) is 0 Å². The third-order valence-electron chi connectivity index (χ3n) is 5.39. The van der Waals surface area contributed by atoms with Crippen LogP contribution in [0.4, 0.5) is 0 Å². The number of allylic oxidation sites excluding steroid dienone is 12. The summed E-state index contributed by atoms with van der Waals surface area (Å²) in [6.07, 6.45) is 21.4. The zero-order chi connectivity index (χ0) is 22.5. The molecule has 5 heterocycles. The van der Waals surface area contributed by atoms with Crippen molar-refractivity contribution in [3.05, 3.63) is 122 Å². The lowest BCUT2D eigenvalue weighted by molar-refractivity contribution is 1.41. The lowest BCUT2D eigenvalue weighted by atomic mass is 9.98. The van der Waals surface area contributed by atoms with Crippen LogP contribution in [-0.4, -0.2) is 22.8 Å². The van der Waals surface area contributed by atoms with Crippen LogP contribution in [0, 0.1) is 0 Å². The van der Waals surface area contributed by atoms with Crippen molar-refractivity contribution in [2.24, 2.45) is 20.0 Å². The molecule has 0 atom stereocenters. The largest absolute Gasteiger partial charge is 0.249 e. The fourth-order valence-electron chi connectivity index (χ4n) is 3.89. The predicted octanol–water partition coefficient (Wildman–Crippen LogP) is 7.07. The standard InChI is InChI=1S/C26H13Cl3N4/c27-21-8-7-20(25(28)26(21)29)24-22-9-5-18(32-22)12-16-3-1-14(30-16)11-15-2-4-17(31-15)13-19-6-10-23(24)33-19/h1-13H. The SMILES string of the molecule is Clc1ccc(C2=C3C=CC(=N3)C=C3C=CC(=N3)C=C3C=CC(=N3)C=C3C=CC2=N3)c(Cl)c1Cl. The van der Waals surface area contributed by atoms with E-state index in [4.69, 9.17) is 44.8 Å². The average molecular weight is 488 g/mol. The highest BCUT2D eigenvalue weighted by Crippen LogP contribution is 2.39. The zero-order valence-corrected chi connectivity index (χ0v) is 19.2. The molecule has 1 aromatic carbocycles. The summed E-state index contributed by atoms with van der Waals surface area (Å²) < 4.78 is 0. The number of nitrogens with zero attached hydrogens (tertiary/aromatic N) is 4. The van der Waals surface area contributed by atoms with E-state index >= 15 is 0 Å². The number of fused-ring (bicyclic) bond motifs is 4. The molecule has 5 aliphatic heterocycles. The average Bonchev–Trinajstić information content (AvgIpc) is 3.59. The maximum atomic E-state index is 6.63. The van der Waals surface area contributed by atoms with E-state index in [2.05, 4.69) is 9.98 Å². The van der Waals surface area contributed by atoms with Crippen LogP contribution in [0.25, 0.3) is 5.57 Å². The van der Waals surface area contributed by atoms with Crippen LogP contribution in [0.5, 0.6) is 0 Å². The molecule has 0 saturated carbocycles. The van der Waals surface area contributed by atoms with Crippen molar-refractivity contribution in [2.45, 2.75) is 0 Å². The molecule has 6 rings (SSSR count). The molecule has 0 fully saturated rings. The lowest BCUT2D eigenvalue weighted by Crippen LogP contribution is -2.01. The minimum atomic E-state index is 0.297. The summed E-state index contributed by atoms with van der Waals surface area (Å²) in [7, 11) is 0. The fourth-order valence-corrected chi connectivity index (χ4v) is 4.52. The van der Waals surface area contributed by atoms with Crippen LogP contribution in [0.1, 0.15) is 5.56 Å². The van der Waals surface area contributed by atoms with Crippen molar-refractivity contribution in [1.29, 1.82) is 0 Å². The van der Waals surface area contributed by atoms with Gasteiger partial charge in [0.15, 0.2) is 0 Å². The molecule has 0 saturated heterocycles. The Bertz CT molecular complexity index is 1520. The van der Waals surface area contributed by atoms with E-state index in [1.165, 1.54) is 0 Å². The molecule has 0 N–H and O–H groups in total. The van der Waals surface area contributed by atoms with E-state index < -0.39 is 0 Å². The first-order chi connectivity index (χ1) is 16.0. The minimum absolute atomic E-state index is 0.297. The van der Waals surface area contributed by atoms with E-state index in [0.29, 0.717) is 20.6 Å². The van der Waals surface area contributed by atoms with E-state index in [1.54, 1.807) is 6.07 Å². The zero-order valence-electron chi connectivity index (χ0n) is 16.9. The second kappa shape index (κ2) is 7.92. The molecule has 33 heavy (non-hydrogen) atoms. The molecule has 1 aromatic rings. The Morgan fingerprint density at radius 2 is 1.09 bits per heavy atom. The van der Waals surface area contributed by atoms with Crippen LogP contribution in [0.2, 0.25) is 15.1 Å². The first-order valence-corrected chi connectivity index (χ1v) is 11.3. The lowest BCUT2D eigenvalue weighted by Gasteiger charge is -2.12. The molecule has 0 spiro atoms. The molecule has 4 nitrogen and oxygen atoms in total. The highest BCUT2D eigenvalue weighted by Gasteiger charge is 2.23. The Morgan fingerprint density at radius 1 is 0.515 bits per heavy atom. The third-order valence-corrected chi connectivity index (χ3v) is 6.69. The quantitative estimate of drug-likeness (QED) is 0.381. The highest BCUT2D eigenvalue weighted by atomic mass is 35.5. The Labute approximate surface area is 205 Å². The van der Waals surface area contributed by atoms with Crippen LogP contribution in [0.3, 0.4) is 0 Å². The van der Waals surface area contributed by atoms with Gasteiger partial charge in [0.25, 0.3) is 0 Å². The summed E-state index contributed by atoms with van der Waals surface area (Å²) in [4.78, 5) is 19.0. The van der Waals surface area contributed by atoms with Gasteiger partial charge in [-0.25, -0.2) is 20.0 Å². The minimum Gasteiger partial charge on any atom is -0.249 e. The number of hydrogen-bond donors (Lipinski definition) is 0. The Balaban J connectivity index is 1.59. The number of hydrogen-bond acceptors (Lipinski definition) is 4. The van der Waals surface area contributed by atoms with Gasteiger partial charge in [-0.2, -0.15) is 0 Å². The van der Waals surface area contributed by atoms with Gasteiger partial charge in [0, 0.05) is 11.1 Å². The van der Waals surface area contributed by atoms with Crippen molar-refractivity contribution < 1.29 is 0 Å². The van der Waals surface area contributed by atoms with Gasteiger partial charge < -0.3 is 0 Å². The third kappa shape index (κ3) is 3.76. The van der Waals surface area contributed by atoms with Crippen molar-refractivity contribution >= 4 is 63.2 Å². The fraction of sp³-hybridized carbons (Fsp3) is 0. The normalized spacial score (nSPS) is 20.0. The molecule has 0 unspecified atom stereocenters. The summed E-state index contributed by atoms with van der Waals surface area (Å²) >= 11 is 19.2. The molecular weight excluding hydrogens is 475 g/mol. The van der Waals surface area contributed by atoms with E-state index in [1.807, 2.05) is 72.9 Å². The number of halogens is 3. The van der Waals surface area contributed by atoms with Gasteiger partial charge in [0.2, 0.25) is 0 Å². The molecule has 0 aliphatic carbocycles. The first kappa shape index (κ1) is 20.3. The van der Waals surface area contributed by atoms with Crippen LogP contribution in [-0.2, 0) is 0 Å². The van der Waals surface area contributed by atoms with Gasteiger partial charge in [-0.3, -0.25) is 0 Å². The number of benzene rings is 1. The molecule has 0 amide bonds. The molecule has 8 bridgehead atoms. The van der Waals surface area contributed by atoms with Crippen molar-refractivity contribution in [3.63, 3.8) is 0 Å². The second-order valence-corrected chi connectivity index (χ2v) is 8.79. The molecule has 7 heteroatoms. The van der Waals surface area contributed by atoms with Crippen molar-refractivity contribution in [1.82, 2.24) is 0 Å². The monoisotopic (exact) mass is 486 g/mol. The summed E-state index contributed by atoms with van der Waals surface area (Å²) in [6, 6.07) is 3.57. The molecular formula is C26H13Cl3N4. The first-order valence-electron chi connectivity index (χ1n) is 10.1. The van der Waals surface area contributed by atoms with Gasteiger partial charge in [-0.1, -0.05) is 40.9 Å². The highest BCUT2D eigenvalue weighted by molar-refractivity contribution is 6.49. The van der Waals surface area contributed by atoms with Gasteiger partial charge in [0.05, 0.1) is 60.7 Å². The van der Waals surface area contributed by atoms with Crippen LogP contribution >= 0.6 is 34.8 Å². The van der Waals surface area contributed by atoms with Gasteiger partial charge in [0.1, 0.15) is 0 Å². The Kier molecular flexibility index (Phi) is 4.88. The summed E-state index contributed by atoms with van der Waals surface area (Å²) in [6.45, 7) is 0. The Morgan fingerprint density at radius 3 is 1.79 bits per heavy atom. The second-order valence-electron chi connectivity index (χ2n) is 7.63. The molecule has 5 aliphatic rings. The van der Waals surface area contributed by atoms with E-state index in [0.717, 1.165) is 51.2 Å².